The third-order valence-electron chi connectivity index (χ3n) is 4.33. The molecule has 5 nitrogen and oxygen atoms in total. The minimum atomic E-state index is -0.317. The average molecular weight is 439 g/mol. The molecule has 1 N–H and O–H groups in total. The maximum Gasteiger partial charge on any atom is 0.205 e. The molecule has 142 valence electrons. The standard InChI is InChI=1S/C22H19BrN2O3/c1-4-28-19-11-14(10-17(23)22(19)27-3)9-15(12-24)21(26)20-13(2)25-18-8-6-5-7-16(18)20/h5-11,25H,4H2,1-3H3/b15-9+. The number of nitrogens with zero attached hydrogens (tertiary/aromatic N) is 1. The van der Waals surface area contributed by atoms with E-state index in [1.807, 2.05) is 44.2 Å². The number of Topliss-reactive ketones (excluding diaryl/α,β-unsaturated/α-hetero) is 1. The van der Waals surface area contributed by atoms with Crippen LogP contribution in [0.4, 0.5) is 0 Å². The van der Waals surface area contributed by atoms with Crippen molar-refractivity contribution in [3.8, 4) is 17.6 Å². The zero-order chi connectivity index (χ0) is 20.3. The van der Waals surface area contributed by atoms with Gasteiger partial charge < -0.3 is 14.5 Å². The van der Waals surface area contributed by atoms with E-state index in [0.717, 1.165) is 16.6 Å². The van der Waals surface area contributed by atoms with Crippen molar-refractivity contribution in [1.29, 1.82) is 5.26 Å². The van der Waals surface area contributed by atoms with Crippen LogP contribution in [-0.2, 0) is 0 Å². The maximum atomic E-state index is 13.1. The van der Waals surface area contributed by atoms with E-state index in [2.05, 4.69) is 20.9 Å². The molecule has 0 aliphatic rings. The van der Waals surface area contributed by atoms with Crippen LogP contribution in [0.25, 0.3) is 17.0 Å². The summed E-state index contributed by atoms with van der Waals surface area (Å²) >= 11 is 3.45. The number of aromatic nitrogens is 1. The summed E-state index contributed by atoms with van der Waals surface area (Å²) in [6, 6.07) is 13.1. The van der Waals surface area contributed by atoms with E-state index in [4.69, 9.17) is 9.47 Å². The number of halogens is 1. The monoisotopic (exact) mass is 438 g/mol. The Hall–Kier alpha value is -3.04. The average Bonchev–Trinajstić information content (AvgIpc) is 3.01. The highest BCUT2D eigenvalue weighted by Crippen LogP contribution is 2.37. The molecule has 3 rings (SSSR count). The van der Waals surface area contributed by atoms with Crippen LogP contribution in [0, 0.1) is 18.3 Å². The fourth-order valence-electron chi connectivity index (χ4n) is 3.15. The summed E-state index contributed by atoms with van der Waals surface area (Å²) in [5.41, 5.74) is 2.83. The van der Waals surface area contributed by atoms with E-state index in [1.165, 1.54) is 0 Å². The SMILES string of the molecule is CCOc1cc(/C=C(\C#N)C(=O)c2c(C)[nH]c3ccccc23)cc(Br)c1OC. The molecule has 28 heavy (non-hydrogen) atoms. The number of para-hydroxylation sites is 1. The fourth-order valence-corrected chi connectivity index (χ4v) is 3.77. The second kappa shape index (κ2) is 8.32. The van der Waals surface area contributed by atoms with Crippen molar-refractivity contribution in [2.24, 2.45) is 0 Å². The first-order chi connectivity index (χ1) is 13.5. The van der Waals surface area contributed by atoms with Crippen molar-refractivity contribution in [1.82, 2.24) is 4.98 Å². The van der Waals surface area contributed by atoms with Gasteiger partial charge in [-0.3, -0.25) is 4.79 Å². The molecule has 0 saturated carbocycles. The molecule has 1 aromatic heterocycles. The topological polar surface area (TPSA) is 75.1 Å². The number of hydrogen-bond acceptors (Lipinski definition) is 4. The zero-order valence-corrected chi connectivity index (χ0v) is 17.4. The summed E-state index contributed by atoms with van der Waals surface area (Å²) < 4.78 is 11.7. The van der Waals surface area contributed by atoms with Crippen molar-refractivity contribution in [3.63, 3.8) is 0 Å². The fraction of sp³-hybridized carbons (Fsp3) is 0.182. The van der Waals surface area contributed by atoms with Gasteiger partial charge >= 0.3 is 0 Å². The Morgan fingerprint density at radius 3 is 2.75 bits per heavy atom. The van der Waals surface area contributed by atoms with Crippen molar-refractivity contribution in [2.75, 3.05) is 13.7 Å². The number of carbonyl (C=O) groups is 1. The Balaban J connectivity index is 2.08. The van der Waals surface area contributed by atoms with E-state index in [9.17, 15) is 10.1 Å². The quantitative estimate of drug-likeness (QED) is 0.316. The van der Waals surface area contributed by atoms with Crippen molar-refractivity contribution >= 4 is 38.7 Å². The number of ketones is 1. The molecule has 0 amide bonds. The first-order valence-electron chi connectivity index (χ1n) is 8.74. The number of aromatic amines is 1. The number of benzene rings is 2. The molecule has 3 aromatic rings. The van der Waals surface area contributed by atoms with E-state index in [0.29, 0.717) is 33.7 Å². The van der Waals surface area contributed by atoms with Crippen LogP contribution >= 0.6 is 15.9 Å². The van der Waals surface area contributed by atoms with Gasteiger partial charge in [-0.25, -0.2) is 0 Å². The smallest absolute Gasteiger partial charge is 0.205 e. The van der Waals surface area contributed by atoms with Gasteiger partial charge in [-0.15, -0.1) is 0 Å². The lowest BCUT2D eigenvalue weighted by Crippen LogP contribution is -2.03. The zero-order valence-electron chi connectivity index (χ0n) is 15.8. The lowest BCUT2D eigenvalue weighted by molar-refractivity contribution is 0.104. The van der Waals surface area contributed by atoms with E-state index in [-0.39, 0.29) is 11.4 Å². The molecule has 0 spiro atoms. The first kappa shape index (κ1) is 19.7. The number of aryl methyl sites for hydroxylation is 1. The van der Waals surface area contributed by atoms with E-state index >= 15 is 0 Å². The Morgan fingerprint density at radius 2 is 2.07 bits per heavy atom. The number of fused-ring (bicyclic) bond motifs is 1. The Morgan fingerprint density at radius 1 is 1.32 bits per heavy atom. The van der Waals surface area contributed by atoms with Gasteiger partial charge in [0.2, 0.25) is 5.78 Å². The maximum absolute atomic E-state index is 13.1. The molecule has 1 heterocycles. The number of hydrogen-bond donors (Lipinski definition) is 1. The van der Waals surface area contributed by atoms with Gasteiger partial charge in [0.15, 0.2) is 11.5 Å². The molecular weight excluding hydrogens is 420 g/mol. The number of rotatable bonds is 6. The van der Waals surface area contributed by atoms with Crippen LogP contribution in [0.15, 0.2) is 46.4 Å². The summed E-state index contributed by atoms with van der Waals surface area (Å²) in [7, 11) is 1.56. The molecule has 2 aromatic carbocycles. The molecule has 0 saturated heterocycles. The third kappa shape index (κ3) is 3.67. The molecule has 0 atom stereocenters. The Kier molecular flexibility index (Phi) is 5.86. The summed E-state index contributed by atoms with van der Waals surface area (Å²) in [6.07, 6.45) is 1.57. The number of H-pyrrole nitrogens is 1. The predicted molar refractivity (Wildman–Crippen MR) is 113 cm³/mol. The summed E-state index contributed by atoms with van der Waals surface area (Å²) in [4.78, 5) is 16.3. The van der Waals surface area contributed by atoms with Gasteiger partial charge in [-0.1, -0.05) is 18.2 Å². The van der Waals surface area contributed by atoms with Gasteiger partial charge in [0, 0.05) is 16.6 Å². The van der Waals surface area contributed by atoms with Crippen molar-refractivity contribution < 1.29 is 14.3 Å². The highest BCUT2D eigenvalue weighted by Gasteiger charge is 2.20. The molecule has 6 heteroatoms. The van der Waals surface area contributed by atoms with Crippen molar-refractivity contribution in [3.05, 3.63) is 63.3 Å². The molecule has 0 radical (unpaired) electrons. The molecular formula is C22H19BrN2O3. The van der Waals surface area contributed by atoms with Crippen LogP contribution in [0.5, 0.6) is 11.5 Å². The lowest BCUT2D eigenvalue weighted by Gasteiger charge is -2.12. The van der Waals surface area contributed by atoms with Gasteiger partial charge in [0.25, 0.3) is 0 Å². The van der Waals surface area contributed by atoms with Crippen LogP contribution in [-0.4, -0.2) is 24.5 Å². The normalized spacial score (nSPS) is 11.3. The summed E-state index contributed by atoms with van der Waals surface area (Å²) in [5, 5.41) is 10.4. The number of ether oxygens (including phenoxy) is 2. The second-order valence-electron chi connectivity index (χ2n) is 6.14. The van der Waals surface area contributed by atoms with Crippen LogP contribution in [0.1, 0.15) is 28.5 Å². The minimum absolute atomic E-state index is 0.0485. The van der Waals surface area contributed by atoms with Crippen LogP contribution in [0.3, 0.4) is 0 Å². The number of methoxy groups -OCH3 is 1. The number of nitrogens with one attached hydrogen (secondary N) is 1. The molecule has 0 bridgehead atoms. The largest absolute Gasteiger partial charge is 0.492 e. The number of allylic oxidation sites excluding steroid dienone is 1. The van der Waals surface area contributed by atoms with E-state index in [1.54, 1.807) is 25.3 Å². The Bertz CT molecular complexity index is 1120. The third-order valence-corrected chi connectivity index (χ3v) is 4.92. The van der Waals surface area contributed by atoms with Gasteiger partial charge in [0.1, 0.15) is 11.6 Å². The van der Waals surface area contributed by atoms with Crippen LogP contribution in [0.2, 0.25) is 0 Å². The number of nitriles is 1. The molecule has 0 unspecified atom stereocenters. The molecule has 0 fully saturated rings. The second-order valence-corrected chi connectivity index (χ2v) is 6.99. The number of carbonyl (C=O) groups excluding carboxylic acids is 1. The first-order valence-corrected chi connectivity index (χ1v) is 9.53. The molecule has 0 aliphatic carbocycles. The summed E-state index contributed by atoms with van der Waals surface area (Å²) in [5.74, 6) is 0.789. The minimum Gasteiger partial charge on any atom is -0.492 e. The van der Waals surface area contributed by atoms with E-state index < -0.39 is 0 Å². The van der Waals surface area contributed by atoms with Gasteiger partial charge in [-0.05, 0) is 59.6 Å². The van der Waals surface area contributed by atoms with Crippen LogP contribution < -0.4 is 9.47 Å². The Labute approximate surface area is 171 Å². The highest BCUT2D eigenvalue weighted by molar-refractivity contribution is 9.10. The van der Waals surface area contributed by atoms with Crippen molar-refractivity contribution in [2.45, 2.75) is 13.8 Å². The van der Waals surface area contributed by atoms with Gasteiger partial charge in [-0.2, -0.15) is 5.26 Å². The molecule has 0 aliphatic heterocycles. The summed E-state index contributed by atoms with van der Waals surface area (Å²) in [6.45, 7) is 4.17. The van der Waals surface area contributed by atoms with Gasteiger partial charge in [0.05, 0.1) is 23.8 Å². The highest BCUT2D eigenvalue weighted by atomic mass is 79.9. The predicted octanol–water partition coefficient (Wildman–Crippen LogP) is 5.44. The lowest BCUT2D eigenvalue weighted by atomic mass is 9.99.